The molecule has 0 saturated carbocycles. The molecule has 0 spiro atoms. The van der Waals surface area contributed by atoms with E-state index in [4.69, 9.17) is 14.7 Å². The molecule has 0 bridgehead atoms. The van der Waals surface area contributed by atoms with Crippen molar-refractivity contribution in [3.05, 3.63) is 54.1 Å². The molecule has 6 nitrogen and oxygen atoms in total. The molecule has 1 fully saturated rings. The SMILES string of the molecule is COC(=O)C1CCN(C(=O)COc2ccc(-c3ccc(C#N)cc3)cc2)CC1. The standard InChI is InChI=1S/C22H22N2O4/c1-27-22(26)19-10-12-24(13-11-19)21(25)15-28-20-8-6-18(7-9-20)17-4-2-16(14-23)3-5-17/h2-9,19H,10-13,15H2,1H3. The predicted octanol–water partition coefficient (Wildman–Crippen LogP) is 3.02. The van der Waals surface area contributed by atoms with Gasteiger partial charge in [-0.15, -0.1) is 0 Å². The number of ether oxygens (including phenoxy) is 2. The van der Waals surface area contributed by atoms with Crippen molar-refractivity contribution in [1.29, 1.82) is 5.26 Å². The number of piperidine rings is 1. The zero-order valence-electron chi connectivity index (χ0n) is 15.8. The summed E-state index contributed by atoms with van der Waals surface area (Å²) >= 11 is 0. The number of methoxy groups -OCH3 is 1. The molecule has 28 heavy (non-hydrogen) atoms. The Labute approximate surface area is 164 Å². The first kappa shape index (κ1) is 19.4. The second-order valence-corrected chi connectivity index (χ2v) is 6.68. The molecule has 0 aliphatic carbocycles. The number of carbonyl (C=O) groups excluding carboxylic acids is 2. The van der Waals surface area contributed by atoms with E-state index < -0.39 is 0 Å². The maximum atomic E-state index is 12.3. The van der Waals surface area contributed by atoms with Crippen LogP contribution in [0.1, 0.15) is 18.4 Å². The van der Waals surface area contributed by atoms with Crippen molar-refractivity contribution in [3.8, 4) is 22.9 Å². The Kier molecular flexibility index (Phi) is 6.28. The molecule has 0 unspecified atom stereocenters. The summed E-state index contributed by atoms with van der Waals surface area (Å²) in [7, 11) is 1.39. The third-order valence-electron chi connectivity index (χ3n) is 4.95. The topological polar surface area (TPSA) is 79.6 Å². The summed E-state index contributed by atoms with van der Waals surface area (Å²) in [6.45, 7) is 1.05. The number of nitriles is 1. The highest BCUT2D eigenvalue weighted by molar-refractivity contribution is 5.78. The lowest BCUT2D eigenvalue weighted by atomic mass is 9.97. The van der Waals surface area contributed by atoms with Crippen molar-refractivity contribution in [2.75, 3.05) is 26.8 Å². The van der Waals surface area contributed by atoms with Crippen LogP contribution in [-0.4, -0.2) is 43.6 Å². The van der Waals surface area contributed by atoms with Gasteiger partial charge in [0.2, 0.25) is 0 Å². The van der Waals surface area contributed by atoms with Crippen LogP contribution < -0.4 is 4.74 Å². The van der Waals surface area contributed by atoms with Gasteiger partial charge in [-0.25, -0.2) is 0 Å². The first-order valence-corrected chi connectivity index (χ1v) is 9.19. The molecule has 0 radical (unpaired) electrons. The number of rotatable bonds is 5. The van der Waals surface area contributed by atoms with Crippen LogP contribution in [0.2, 0.25) is 0 Å². The van der Waals surface area contributed by atoms with Gasteiger partial charge in [0.15, 0.2) is 6.61 Å². The molecule has 144 valence electrons. The first-order valence-electron chi connectivity index (χ1n) is 9.19. The van der Waals surface area contributed by atoms with E-state index >= 15 is 0 Å². The van der Waals surface area contributed by atoms with Gasteiger partial charge < -0.3 is 14.4 Å². The largest absolute Gasteiger partial charge is 0.484 e. The van der Waals surface area contributed by atoms with Crippen LogP contribution in [0.4, 0.5) is 0 Å². The lowest BCUT2D eigenvalue weighted by Gasteiger charge is -2.30. The van der Waals surface area contributed by atoms with Crippen LogP contribution in [0, 0.1) is 17.2 Å². The van der Waals surface area contributed by atoms with Gasteiger partial charge in [0.1, 0.15) is 5.75 Å². The number of carbonyl (C=O) groups is 2. The summed E-state index contributed by atoms with van der Waals surface area (Å²) in [5, 5.41) is 8.86. The molecule has 0 aromatic heterocycles. The minimum absolute atomic E-state index is 0.0287. The first-order chi connectivity index (χ1) is 13.6. The Balaban J connectivity index is 1.50. The highest BCUT2D eigenvalue weighted by atomic mass is 16.5. The van der Waals surface area contributed by atoms with E-state index in [0.29, 0.717) is 37.2 Å². The van der Waals surface area contributed by atoms with Gasteiger partial charge in [0, 0.05) is 13.1 Å². The van der Waals surface area contributed by atoms with Crippen LogP contribution in [0.3, 0.4) is 0 Å². The smallest absolute Gasteiger partial charge is 0.308 e. The van der Waals surface area contributed by atoms with E-state index in [1.807, 2.05) is 36.4 Å². The Morgan fingerprint density at radius 1 is 1.04 bits per heavy atom. The van der Waals surface area contributed by atoms with E-state index in [9.17, 15) is 9.59 Å². The molecule has 1 saturated heterocycles. The fourth-order valence-electron chi connectivity index (χ4n) is 3.25. The zero-order valence-corrected chi connectivity index (χ0v) is 15.8. The molecule has 3 rings (SSSR count). The second kappa shape index (κ2) is 9.05. The third-order valence-corrected chi connectivity index (χ3v) is 4.95. The lowest BCUT2D eigenvalue weighted by Crippen LogP contribution is -2.42. The van der Waals surface area contributed by atoms with E-state index in [2.05, 4.69) is 6.07 Å². The molecule has 1 aliphatic rings. The third kappa shape index (κ3) is 4.68. The molecule has 1 heterocycles. The Morgan fingerprint density at radius 2 is 1.61 bits per heavy atom. The zero-order chi connectivity index (χ0) is 19.9. The van der Waals surface area contributed by atoms with Gasteiger partial charge in [-0.05, 0) is 48.2 Å². The Morgan fingerprint density at radius 3 is 2.14 bits per heavy atom. The van der Waals surface area contributed by atoms with Crippen LogP contribution in [0.15, 0.2) is 48.5 Å². The predicted molar refractivity (Wildman–Crippen MR) is 103 cm³/mol. The summed E-state index contributed by atoms with van der Waals surface area (Å²) in [6.07, 6.45) is 1.25. The van der Waals surface area contributed by atoms with Gasteiger partial charge >= 0.3 is 5.97 Å². The Hall–Kier alpha value is -3.33. The number of likely N-dealkylation sites (tertiary alicyclic amines) is 1. The van der Waals surface area contributed by atoms with Gasteiger partial charge in [-0.2, -0.15) is 5.26 Å². The van der Waals surface area contributed by atoms with Gasteiger partial charge in [0.05, 0.1) is 24.7 Å². The van der Waals surface area contributed by atoms with Crippen LogP contribution in [0.5, 0.6) is 5.75 Å². The Bertz CT molecular complexity index is 861. The van der Waals surface area contributed by atoms with E-state index in [1.165, 1.54) is 7.11 Å². The fraction of sp³-hybridized carbons (Fsp3) is 0.318. The molecule has 1 amide bonds. The quantitative estimate of drug-likeness (QED) is 0.747. The molecule has 0 atom stereocenters. The molecular formula is C22H22N2O4. The van der Waals surface area contributed by atoms with Gasteiger partial charge in [-0.3, -0.25) is 9.59 Å². The van der Waals surface area contributed by atoms with Gasteiger partial charge in [0.25, 0.3) is 5.91 Å². The van der Waals surface area contributed by atoms with Gasteiger partial charge in [-0.1, -0.05) is 24.3 Å². The summed E-state index contributed by atoms with van der Waals surface area (Å²) < 4.78 is 10.4. The van der Waals surface area contributed by atoms with Crippen molar-refractivity contribution in [2.45, 2.75) is 12.8 Å². The van der Waals surface area contributed by atoms with Crippen LogP contribution >= 0.6 is 0 Å². The number of nitrogens with zero attached hydrogens (tertiary/aromatic N) is 2. The summed E-state index contributed by atoms with van der Waals surface area (Å²) in [6, 6.07) is 16.9. The minimum Gasteiger partial charge on any atom is -0.484 e. The van der Waals surface area contributed by atoms with Crippen molar-refractivity contribution in [2.24, 2.45) is 5.92 Å². The fourth-order valence-corrected chi connectivity index (χ4v) is 3.25. The highest BCUT2D eigenvalue weighted by Gasteiger charge is 2.27. The molecular weight excluding hydrogens is 356 g/mol. The number of benzene rings is 2. The van der Waals surface area contributed by atoms with Crippen molar-refractivity contribution >= 4 is 11.9 Å². The second-order valence-electron chi connectivity index (χ2n) is 6.68. The van der Waals surface area contributed by atoms with E-state index in [1.54, 1.807) is 17.0 Å². The monoisotopic (exact) mass is 378 g/mol. The van der Waals surface area contributed by atoms with Crippen LogP contribution in [-0.2, 0) is 14.3 Å². The van der Waals surface area contributed by atoms with E-state index in [0.717, 1.165) is 11.1 Å². The summed E-state index contributed by atoms with van der Waals surface area (Å²) in [5.74, 6) is 0.213. The minimum atomic E-state index is -0.203. The van der Waals surface area contributed by atoms with Crippen molar-refractivity contribution in [3.63, 3.8) is 0 Å². The maximum Gasteiger partial charge on any atom is 0.308 e. The number of amides is 1. The molecule has 2 aromatic carbocycles. The molecule has 0 N–H and O–H groups in total. The van der Waals surface area contributed by atoms with E-state index in [-0.39, 0.29) is 24.4 Å². The molecule has 2 aromatic rings. The summed E-state index contributed by atoms with van der Waals surface area (Å²) in [4.78, 5) is 25.6. The lowest BCUT2D eigenvalue weighted by molar-refractivity contribution is -0.149. The average Bonchev–Trinajstić information content (AvgIpc) is 2.77. The van der Waals surface area contributed by atoms with Crippen molar-refractivity contribution < 1.29 is 19.1 Å². The van der Waals surface area contributed by atoms with Crippen molar-refractivity contribution in [1.82, 2.24) is 4.90 Å². The average molecular weight is 378 g/mol. The molecule has 1 aliphatic heterocycles. The normalized spacial score (nSPS) is 14.2. The highest BCUT2D eigenvalue weighted by Crippen LogP contribution is 2.23. The summed E-state index contributed by atoms with van der Waals surface area (Å²) in [5.41, 5.74) is 2.64. The molecule has 6 heteroatoms. The maximum absolute atomic E-state index is 12.3. The number of esters is 1. The number of hydrogen-bond donors (Lipinski definition) is 0. The van der Waals surface area contributed by atoms with Crippen LogP contribution in [0.25, 0.3) is 11.1 Å². The number of hydrogen-bond acceptors (Lipinski definition) is 5.